The number of carbonyl (C=O) groups is 1. The van der Waals surface area contributed by atoms with Crippen LogP contribution in [0.4, 0.5) is 11.5 Å². The van der Waals surface area contributed by atoms with Crippen molar-refractivity contribution >= 4 is 17.4 Å². The van der Waals surface area contributed by atoms with Gasteiger partial charge in [-0.05, 0) is 25.5 Å². The number of amides is 1. The highest BCUT2D eigenvalue weighted by atomic mass is 16.6. The van der Waals surface area contributed by atoms with Crippen LogP contribution in [0.1, 0.15) is 21.6 Å². The van der Waals surface area contributed by atoms with E-state index in [0.29, 0.717) is 22.6 Å². The van der Waals surface area contributed by atoms with Gasteiger partial charge in [-0.1, -0.05) is 0 Å². The molecule has 0 bridgehead atoms. The second-order valence-electron chi connectivity index (χ2n) is 4.26. The minimum atomic E-state index is -0.499. The average molecular weight is 272 g/mol. The van der Waals surface area contributed by atoms with Crippen molar-refractivity contribution in [2.75, 3.05) is 5.32 Å². The summed E-state index contributed by atoms with van der Waals surface area (Å²) in [4.78, 5) is 30.3. The number of nitrogens with one attached hydrogen (secondary N) is 1. The van der Waals surface area contributed by atoms with E-state index < -0.39 is 4.92 Å². The first-order valence-electron chi connectivity index (χ1n) is 5.82. The standard InChI is InChI=1S/C13H12N4O3/c1-8-5-10(17(19)20)3-4-11(8)13(18)16-12-7-14-6-9(2)15-12/h3-7H,1-2H3,(H,15,16,18). The Balaban J connectivity index is 2.23. The van der Waals surface area contributed by atoms with Gasteiger partial charge in [0.2, 0.25) is 0 Å². The summed E-state index contributed by atoms with van der Waals surface area (Å²) in [5, 5.41) is 13.3. The molecule has 0 radical (unpaired) electrons. The molecule has 0 spiro atoms. The van der Waals surface area contributed by atoms with Gasteiger partial charge in [-0.15, -0.1) is 0 Å². The minimum absolute atomic E-state index is 0.0469. The van der Waals surface area contributed by atoms with Crippen LogP contribution in [0, 0.1) is 24.0 Å². The molecule has 0 aliphatic heterocycles. The minimum Gasteiger partial charge on any atom is -0.305 e. The number of anilines is 1. The van der Waals surface area contributed by atoms with Crippen molar-refractivity contribution in [1.82, 2.24) is 9.97 Å². The van der Waals surface area contributed by atoms with Crippen molar-refractivity contribution in [2.45, 2.75) is 13.8 Å². The Morgan fingerprint density at radius 3 is 2.65 bits per heavy atom. The van der Waals surface area contributed by atoms with E-state index in [2.05, 4.69) is 15.3 Å². The first-order chi connectivity index (χ1) is 9.47. The molecule has 1 heterocycles. The molecule has 0 saturated carbocycles. The van der Waals surface area contributed by atoms with Crippen molar-refractivity contribution in [3.63, 3.8) is 0 Å². The number of nitro groups is 1. The molecule has 0 atom stereocenters. The molecule has 1 amide bonds. The fourth-order valence-corrected chi connectivity index (χ4v) is 1.72. The summed E-state index contributed by atoms with van der Waals surface area (Å²) < 4.78 is 0. The van der Waals surface area contributed by atoms with Gasteiger partial charge in [0.25, 0.3) is 11.6 Å². The lowest BCUT2D eigenvalue weighted by Crippen LogP contribution is -2.15. The van der Waals surface area contributed by atoms with Crippen LogP contribution >= 0.6 is 0 Å². The van der Waals surface area contributed by atoms with Crippen LogP contribution in [-0.4, -0.2) is 20.8 Å². The molecule has 102 valence electrons. The van der Waals surface area contributed by atoms with Gasteiger partial charge in [0.1, 0.15) is 0 Å². The van der Waals surface area contributed by atoms with Crippen LogP contribution in [0.2, 0.25) is 0 Å². The van der Waals surface area contributed by atoms with E-state index >= 15 is 0 Å². The van der Waals surface area contributed by atoms with Gasteiger partial charge < -0.3 is 5.32 Å². The molecule has 0 aliphatic carbocycles. The van der Waals surface area contributed by atoms with Gasteiger partial charge in [-0.2, -0.15) is 0 Å². The highest BCUT2D eigenvalue weighted by molar-refractivity contribution is 6.04. The van der Waals surface area contributed by atoms with E-state index in [0.717, 1.165) is 0 Å². The lowest BCUT2D eigenvalue weighted by atomic mass is 10.1. The topological polar surface area (TPSA) is 98.0 Å². The van der Waals surface area contributed by atoms with Crippen LogP contribution in [0.3, 0.4) is 0 Å². The predicted molar refractivity (Wildman–Crippen MR) is 72.6 cm³/mol. The summed E-state index contributed by atoms with van der Waals surface area (Å²) in [5.41, 5.74) is 1.52. The summed E-state index contributed by atoms with van der Waals surface area (Å²) in [7, 11) is 0. The van der Waals surface area contributed by atoms with Crippen molar-refractivity contribution in [2.24, 2.45) is 0 Å². The highest BCUT2D eigenvalue weighted by Crippen LogP contribution is 2.18. The number of rotatable bonds is 3. The quantitative estimate of drug-likeness (QED) is 0.682. The summed E-state index contributed by atoms with van der Waals surface area (Å²) in [5.74, 6) is -0.0370. The van der Waals surface area contributed by atoms with Crippen molar-refractivity contribution in [3.8, 4) is 0 Å². The molecule has 1 aromatic carbocycles. The third kappa shape index (κ3) is 2.94. The maximum Gasteiger partial charge on any atom is 0.269 e. The predicted octanol–water partition coefficient (Wildman–Crippen LogP) is 2.25. The van der Waals surface area contributed by atoms with Gasteiger partial charge >= 0.3 is 0 Å². The fourth-order valence-electron chi connectivity index (χ4n) is 1.72. The van der Waals surface area contributed by atoms with E-state index in [-0.39, 0.29) is 11.6 Å². The number of nitrogens with zero attached hydrogens (tertiary/aromatic N) is 3. The summed E-state index contributed by atoms with van der Waals surface area (Å²) >= 11 is 0. The Bertz CT molecular complexity index is 685. The zero-order chi connectivity index (χ0) is 14.7. The number of non-ortho nitro benzene ring substituents is 1. The van der Waals surface area contributed by atoms with E-state index in [1.807, 2.05) is 0 Å². The van der Waals surface area contributed by atoms with Crippen LogP contribution in [0.25, 0.3) is 0 Å². The molecular weight excluding hydrogens is 260 g/mol. The van der Waals surface area contributed by atoms with Gasteiger partial charge in [-0.3, -0.25) is 19.9 Å². The van der Waals surface area contributed by atoms with E-state index in [4.69, 9.17) is 0 Å². The summed E-state index contributed by atoms with van der Waals surface area (Å²) in [6.45, 7) is 3.41. The van der Waals surface area contributed by atoms with E-state index in [9.17, 15) is 14.9 Å². The normalized spacial score (nSPS) is 10.1. The van der Waals surface area contributed by atoms with Gasteiger partial charge in [0.05, 0.1) is 16.8 Å². The molecule has 20 heavy (non-hydrogen) atoms. The smallest absolute Gasteiger partial charge is 0.269 e. The van der Waals surface area contributed by atoms with Crippen molar-refractivity contribution < 1.29 is 9.72 Å². The first kappa shape index (κ1) is 13.6. The van der Waals surface area contributed by atoms with Crippen LogP contribution in [-0.2, 0) is 0 Å². The Labute approximate surface area is 114 Å². The molecule has 0 fully saturated rings. The summed E-state index contributed by atoms with van der Waals surface area (Å²) in [6.07, 6.45) is 3.01. The average Bonchev–Trinajstić information content (AvgIpc) is 2.38. The van der Waals surface area contributed by atoms with Gasteiger partial charge in [0.15, 0.2) is 5.82 Å². The largest absolute Gasteiger partial charge is 0.305 e. The Morgan fingerprint density at radius 1 is 1.30 bits per heavy atom. The molecule has 0 unspecified atom stereocenters. The van der Waals surface area contributed by atoms with Gasteiger partial charge in [0, 0.05) is 23.9 Å². The zero-order valence-electron chi connectivity index (χ0n) is 11.0. The monoisotopic (exact) mass is 272 g/mol. The molecule has 0 aliphatic rings. The second-order valence-corrected chi connectivity index (χ2v) is 4.26. The lowest BCUT2D eigenvalue weighted by molar-refractivity contribution is -0.384. The number of nitro benzene ring substituents is 1. The van der Waals surface area contributed by atoms with Gasteiger partial charge in [-0.25, -0.2) is 4.98 Å². The third-order valence-electron chi connectivity index (χ3n) is 2.66. The molecule has 7 nitrogen and oxygen atoms in total. The maximum absolute atomic E-state index is 12.1. The third-order valence-corrected chi connectivity index (χ3v) is 2.66. The number of hydrogen-bond acceptors (Lipinski definition) is 5. The van der Waals surface area contributed by atoms with Crippen LogP contribution in [0.5, 0.6) is 0 Å². The molecule has 1 N–H and O–H groups in total. The molecule has 1 aromatic heterocycles. The fraction of sp³-hybridized carbons (Fsp3) is 0.154. The SMILES string of the molecule is Cc1cncc(NC(=O)c2ccc([N+](=O)[O-])cc2C)n1. The lowest BCUT2D eigenvalue weighted by Gasteiger charge is -2.07. The Kier molecular flexibility index (Phi) is 3.69. The number of carbonyl (C=O) groups excluding carboxylic acids is 1. The number of aryl methyl sites for hydroxylation is 2. The molecule has 0 saturated heterocycles. The molecule has 2 rings (SSSR count). The highest BCUT2D eigenvalue weighted by Gasteiger charge is 2.14. The van der Waals surface area contributed by atoms with Crippen molar-refractivity contribution in [1.29, 1.82) is 0 Å². The maximum atomic E-state index is 12.1. The van der Waals surface area contributed by atoms with E-state index in [1.165, 1.54) is 24.4 Å². The van der Waals surface area contributed by atoms with Crippen LogP contribution < -0.4 is 5.32 Å². The number of benzene rings is 1. The first-order valence-corrected chi connectivity index (χ1v) is 5.82. The van der Waals surface area contributed by atoms with Crippen molar-refractivity contribution in [3.05, 3.63) is 57.5 Å². The Hall–Kier alpha value is -2.83. The number of aromatic nitrogens is 2. The molecular formula is C13H12N4O3. The summed E-state index contributed by atoms with van der Waals surface area (Å²) in [6, 6.07) is 4.08. The molecule has 7 heteroatoms. The zero-order valence-corrected chi connectivity index (χ0v) is 11.0. The Morgan fingerprint density at radius 2 is 2.05 bits per heavy atom. The number of hydrogen-bond donors (Lipinski definition) is 1. The second kappa shape index (κ2) is 5.43. The molecule has 2 aromatic rings. The van der Waals surface area contributed by atoms with E-state index in [1.54, 1.807) is 20.0 Å². The van der Waals surface area contributed by atoms with Crippen LogP contribution in [0.15, 0.2) is 30.6 Å².